The first-order valence-electron chi connectivity index (χ1n) is 4.18. The number of hydrogen-bond donors (Lipinski definition) is 0. The molecule has 0 atom stereocenters. The summed E-state index contributed by atoms with van der Waals surface area (Å²) < 4.78 is 1.21. The highest BCUT2D eigenvalue weighted by Gasteiger charge is 2.16. The van der Waals surface area contributed by atoms with E-state index < -0.39 is 0 Å². The van der Waals surface area contributed by atoms with Crippen molar-refractivity contribution in [3.05, 3.63) is 33.8 Å². The highest BCUT2D eigenvalue weighted by atomic mass is 79.9. The Balaban J connectivity index is 3.23. The number of benzene rings is 1. The van der Waals surface area contributed by atoms with Crippen LogP contribution in [0, 0.1) is 6.92 Å². The molecule has 0 saturated carbocycles. The summed E-state index contributed by atoms with van der Waals surface area (Å²) in [5.41, 5.74) is 2.93. The van der Waals surface area contributed by atoms with Crippen LogP contribution in [-0.4, -0.2) is 0 Å². The molecule has 0 amide bonds. The van der Waals surface area contributed by atoms with Crippen molar-refractivity contribution in [3.8, 4) is 0 Å². The van der Waals surface area contributed by atoms with Crippen molar-refractivity contribution in [1.82, 2.24) is 0 Å². The molecule has 0 bridgehead atoms. The molecule has 0 nitrogen and oxygen atoms in total. The Hall–Kier alpha value is -0.300. The quantitative estimate of drug-likeness (QED) is 0.627. The van der Waals surface area contributed by atoms with Crippen LogP contribution >= 0.6 is 15.9 Å². The Kier molecular flexibility index (Phi) is 2.62. The molecule has 0 aromatic heterocycles. The highest BCUT2D eigenvalue weighted by molar-refractivity contribution is 9.10. The van der Waals surface area contributed by atoms with Gasteiger partial charge in [0.2, 0.25) is 0 Å². The molecule has 0 heterocycles. The van der Waals surface area contributed by atoms with Crippen molar-refractivity contribution in [2.24, 2.45) is 0 Å². The zero-order valence-electron chi connectivity index (χ0n) is 8.11. The summed E-state index contributed by atoms with van der Waals surface area (Å²) in [7, 11) is 0. The van der Waals surface area contributed by atoms with E-state index in [1.807, 2.05) is 0 Å². The van der Waals surface area contributed by atoms with Crippen LogP contribution in [0.25, 0.3) is 0 Å². The maximum absolute atomic E-state index is 3.57. The van der Waals surface area contributed by atoms with E-state index in [4.69, 9.17) is 0 Å². The zero-order valence-corrected chi connectivity index (χ0v) is 9.70. The Bertz CT molecular complexity index is 282. The fourth-order valence-electron chi connectivity index (χ4n) is 1.21. The molecular weight excluding hydrogens is 212 g/mol. The SMILES string of the molecule is Cc1ccc(Br)c(C(C)(C)C)c1. The van der Waals surface area contributed by atoms with Gasteiger partial charge in [0.1, 0.15) is 0 Å². The van der Waals surface area contributed by atoms with Crippen molar-refractivity contribution in [1.29, 1.82) is 0 Å². The van der Waals surface area contributed by atoms with Gasteiger partial charge in [0.05, 0.1) is 0 Å². The largest absolute Gasteiger partial charge is 0.0582 e. The van der Waals surface area contributed by atoms with Crippen LogP contribution < -0.4 is 0 Å². The van der Waals surface area contributed by atoms with Gasteiger partial charge in [-0.25, -0.2) is 0 Å². The van der Waals surface area contributed by atoms with Gasteiger partial charge in [-0.2, -0.15) is 0 Å². The first-order chi connectivity index (χ1) is 5.41. The Labute approximate surface area is 83.1 Å². The zero-order chi connectivity index (χ0) is 9.35. The second-order valence-electron chi connectivity index (χ2n) is 4.23. The first kappa shape index (κ1) is 9.79. The fraction of sp³-hybridized carbons (Fsp3) is 0.455. The first-order valence-corrected chi connectivity index (χ1v) is 4.97. The van der Waals surface area contributed by atoms with Gasteiger partial charge >= 0.3 is 0 Å². The summed E-state index contributed by atoms with van der Waals surface area (Å²) in [5, 5.41) is 0. The number of rotatable bonds is 0. The molecule has 12 heavy (non-hydrogen) atoms. The molecule has 0 spiro atoms. The Morgan fingerprint density at radius 2 is 1.75 bits per heavy atom. The van der Waals surface area contributed by atoms with Gasteiger partial charge in [-0.3, -0.25) is 0 Å². The van der Waals surface area contributed by atoms with E-state index in [9.17, 15) is 0 Å². The van der Waals surface area contributed by atoms with E-state index in [1.165, 1.54) is 15.6 Å². The van der Waals surface area contributed by atoms with Gasteiger partial charge in [0.25, 0.3) is 0 Å². The maximum atomic E-state index is 3.57. The third kappa shape index (κ3) is 2.10. The standard InChI is InChI=1S/C11H15Br/c1-8-5-6-10(12)9(7-8)11(2,3)4/h5-7H,1-4H3. The maximum Gasteiger partial charge on any atom is 0.0212 e. The summed E-state index contributed by atoms with van der Waals surface area (Å²) in [5.74, 6) is 0. The number of hydrogen-bond acceptors (Lipinski definition) is 0. The smallest absolute Gasteiger partial charge is 0.0212 e. The van der Waals surface area contributed by atoms with Crippen molar-refractivity contribution < 1.29 is 0 Å². The minimum atomic E-state index is 0.227. The average Bonchev–Trinajstić information content (AvgIpc) is 1.92. The molecule has 0 radical (unpaired) electrons. The summed E-state index contributed by atoms with van der Waals surface area (Å²) in [6.45, 7) is 8.81. The van der Waals surface area contributed by atoms with Crippen LogP contribution in [0.1, 0.15) is 31.9 Å². The molecule has 0 unspecified atom stereocenters. The predicted octanol–water partition coefficient (Wildman–Crippen LogP) is 4.06. The molecule has 0 aliphatic rings. The number of aryl methyl sites for hydroxylation is 1. The molecule has 0 aliphatic heterocycles. The fourth-order valence-corrected chi connectivity index (χ4v) is 2.06. The van der Waals surface area contributed by atoms with Crippen molar-refractivity contribution in [3.63, 3.8) is 0 Å². The van der Waals surface area contributed by atoms with E-state index >= 15 is 0 Å². The Morgan fingerprint density at radius 1 is 1.17 bits per heavy atom. The van der Waals surface area contributed by atoms with Crippen LogP contribution in [0.2, 0.25) is 0 Å². The van der Waals surface area contributed by atoms with Crippen LogP contribution in [0.4, 0.5) is 0 Å². The average molecular weight is 227 g/mol. The molecule has 1 aromatic rings. The third-order valence-corrected chi connectivity index (χ3v) is 2.62. The van der Waals surface area contributed by atoms with Gasteiger partial charge in [-0.05, 0) is 24.0 Å². The van der Waals surface area contributed by atoms with E-state index in [1.54, 1.807) is 0 Å². The van der Waals surface area contributed by atoms with E-state index in [2.05, 4.69) is 61.8 Å². The van der Waals surface area contributed by atoms with Crippen LogP contribution in [-0.2, 0) is 5.41 Å². The van der Waals surface area contributed by atoms with E-state index in [0.29, 0.717) is 0 Å². The molecular formula is C11H15Br. The third-order valence-electron chi connectivity index (χ3n) is 1.93. The molecule has 0 N–H and O–H groups in total. The lowest BCUT2D eigenvalue weighted by Gasteiger charge is -2.21. The van der Waals surface area contributed by atoms with Gasteiger partial charge in [-0.15, -0.1) is 0 Å². The lowest BCUT2D eigenvalue weighted by Crippen LogP contribution is -2.11. The molecule has 0 aliphatic carbocycles. The lowest BCUT2D eigenvalue weighted by molar-refractivity contribution is 0.586. The van der Waals surface area contributed by atoms with E-state index in [0.717, 1.165) is 0 Å². The van der Waals surface area contributed by atoms with Gasteiger partial charge in [0, 0.05) is 4.47 Å². The molecule has 1 aromatic carbocycles. The van der Waals surface area contributed by atoms with Gasteiger partial charge in [0.15, 0.2) is 0 Å². The summed E-state index contributed by atoms with van der Waals surface area (Å²) in [6.07, 6.45) is 0. The topological polar surface area (TPSA) is 0 Å². The van der Waals surface area contributed by atoms with Crippen molar-refractivity contribution in [2.45, 2.75) is 33.1 Å². The van der Waals surface area contributed by atoms with Gasteiger partial charge < -0.3 is 0 Å². The summed E-state index contributed by atoms with van der Waals surface area (Å²) in [6, 6.07) is 6.49. The molecule has 0 saturated heterocycles. The summed E-state index contributed by atoms with van der Waals surface area (Å²) >= 11 is 3.57. The van der Waals surface area contributed by atoms with E-state index in [-0.39, 0.29) is 5.41 Å². The van der Waals surface area contributed by atoms with Crippen LogP contribution in [0.5, 0.6) is 0 Å². The molecule has 1 rings (SSSR count). The second kappa shape index (κ2) is 3.21. The molecule has 66 valence electrons. The van der Waals surface area contributed by atoms with Crippen molar-refractivity contribution >= 4 is 15.9 Å². The minimum absolute atomic E-state index is 0.227. The monoisotopic (exact) mass is 226 g/mol. The number of halogens is 1. The van der Waals surface area contributed by atoms with Gasteiger partial charge in [-0.1, -0.05) is 54.4 Å². The van der Waals surface area contributed by atoms with Crippen LogP contribution in [0.3, 0.4) is 0 Å². The highest BCUT2D eigenvalue weighted by Crippen LogP contribution is 2.30. The Morgan fingerprint density at radius 3 is 2.17 bits per heavy atom. The lowest BCUT2D eigenvalue weighted by atomic mass is 9.86. The molecule has 0 fully saturated rings. The molecule has 1 heteroatoms. The van der Waals surface area contributed by atoms with Crippen LogP contribution in [0.15, 0.2) is 22.7 Å². The summed E-state index contributed by atoms with van der Waals surface area (Å²) in [4.78, 5) is 0. The second-order valence-corrected chi connectivity index (χ2v) is 5.09. The van der Waals surface area contributed by atoms with Crippen molar-refractivity contribution in [2.75, 3.05) is 0 Å². The normalized spacial score (nSPS) is 11.8. The predicted molar refractivity (Wildman–Crippen MR) is 57.6 cm³/mol. The minimum Gasteiger partial charge on any atom is -0.0582 e.